The number of pyridine rings is 1. The van der Waals surface area contributed by atoms with Crippen LogP contribution in [0.2, 0.25) is 0 Å². The molecule has 4 rings (SSSR count). The number of amides is 1. The Kier molecular flexibility index (Phi) is 3.34. The van der Waals surface area contributed by atoms with E-state index in [0.29, 0.717) is 16.8 Å². The molecule has 1 amide bonds. The molecule has 1 aromatic heterocycles. The van der Waals surface area contributed by atoms with Crippen molar-refractivity contribution >= 4 is 28.1 Å². The molecule has 1 aliphatic carbocycles. The van der Waals surface area contributed by atoms with Crippen LogP contribution in [0, 0.1) is 0 Å². The maximum Gasteiger partial charge on any atom is 0.414 e. The first-order valence-corrected chi connectivity index (χ1v) is 7.78. The van der Waals surface area contributed by atoms with E-state index >= 15 is 0 Å². The number of nitrogens with zero attached hydrogens (tertiary/aromatic N) is 1. The molecular weight excluding hydrogens is 304 g/mol. The van der Waals surface area contributed by atoms with Crippen molar-refractivity contribution in [3.63, 3.8) is 0 Å². The summed E-state index contributed by atoms with van der Waals surface area (Å²) in [6, 6.07) is 7.04. The Morgan fingerprint density at radius 2 is 2.04 bits per heavy atom. The number of hydrogen-bond donors (Lipinski definition) is 1. The largest absolute Gasteiger partial charge is 0.452 e. The number of hydrogen-bond acceptors (Lipinski definition) is 3. The van der Waals surface area contributed by atoms with Crippen molar-refractivity contribution < 1.29 is 9.53 Å². The zero-order chi connectivity index (χ0) is 16.7. The van der Waals surface area contributed by atoms with Crippen molar-refractivity contribution in [3.8, 4) is 0 Å². The second kappa shape index (κ2) is 5.53. The lowest BCUT2D eigenvalue weighted by molar-refractivity contribution is 0.178. The standard InChI is InChI=1S/C19H16N2O3/c1-24-19(23)21-13-8-4-2-3-7-12(11-13)16-17(21)14-9-5-6-10-15(14)18(22)20-16/h3-11,13H,2H2,1H3,(H,20,22)/b7-3-,8-4-. The number of nitrogens with one attached hydrogen (secondary N) is 1. The smallest absolute Gasteiger partial charge is 0.414 e. The highest BCUT2D eigenvalue weighted by atomic mass is 16.5. The fourth-order valence-corrected chi connectivity index (χ4v) is 3.30. The molecule has 0 saturated carbocycles. The highest BCUT2D eigenvalue weighted by Gasteiger charge is 2.32. The summed E-state index contributed by atoms with van der Waals surface area (Å²) in [5.41, 5.74) is 2.06. The van der Waals surface area contributed by atoms with Crippen molar-refractivity contribution in [3.05, 3.63) is 70.7 Å². The highest BCUT2D eigenvalue weighted by molar-refractivity contribution is 6.08. The van der Waals surface area contributed by atoms with Gasteiger partial charge in [0.15, 0.2) is 0 Å². The van der Waals surface area contributed by atoms with Gasteiger partial charge in [0.25, 0.3) is 5.56 Å². The maximum absolute atomic E-state index is 12.5. The van der Waals surface area contributed by atoms with E-state index in [-0.39, 0.29) is 11.6 Å². The molecule has 24 heavy (non-hydrogen) atoms. The first-order valence-electron chi connectivity index (χ1n) is 7.78. The lowest BCUT2D eigenvalue weighted by Gasteiger charge is -2.34. The van der Waals surface area contributed by atoms with Crippen LogP contribution < -0.4 is 10.5 Å². The van der Waals surface area contributed by atoms with E-state index in [1.54, 1.807) is 11.0 Å². The number of carbonyl (C=O) groups excluding carboxylic acids is 1. The SMILES string of the molecule is COC(=O)N1c2c([nH]c(=O)c3ccccc23)C2=CC1/C=C\C/C=C\2. The topological polar surface area (TPSA) is 62.4 Å². The van der Waals surface area contributed by atoms with Crippen LogP contribution in [0.15, 0.2) is 59.4 Å². The minimum atomic E-state index is -0.456. The third-order valence-electron chi connectivity index (χ3n) is 4.35. The Labute approximate surface area is 138 Å². The van der Waals surface area contributed by atoms with Crippen LogP contribution in [0.4, 0.5) is 10.5 Å². The van der Waals surface area contributed by atoms with Crippen LogP contribution in [-0.2, 0) is 4.74 Å². The summed E-state index contributed by atoms with van der Waals surface area (Å²) >= 11 is 0. The number of allylic oxidation sites excluding steroid dienone is 4. The Morgan fingerprint density at radius 3 is 2.83 bits per heavy atom. The number of anilines is 1. The molecule has 2 bridgehead atoms. The molecular formula is C19H16N2O3. The Hall–Kier alpha value is -3.08. The summed E-state index contributed by atoms with van der Waals surface area (Å²) in [5.74, 6) is 0. The Balaban J connectivity index is 2.12. The summed E-state index contributed by atoms with van der Waals surface area (Å²) in [5, 5.41) is 1.29. The minimum absolute atomic E-state index is 0.167. The van der Waals surface area contributed by atoms with E-state index in [1.807, 2.05) is 48.6 Å². The summed E-state index contributed by atoms with van der Waals surface area (Å²) < 4.78 is 5.00. The van der Waals surface area contributed by atoms with E-state index in [9.17, 15) is 9.59 Å². The lowest BCUT2D eigenvalue weighted by Crippen LogP contribution is -2.42. The molecule has 2 aliphatic rings. The van der Waals surface area contributed by atoms with Gasteiger partial charge in [-0.25, -0.2) is 4.79 Å². The molecule has 5 heteroatoms. The van der Waals surface area contributed by atoms with Gasteiger partial charge < -0.3 is 9.72 Å². The van der Waals surface area contributed by atoms with E-state index in [0.717, 1.165) is 17.4 Å². The summed E-state index contributed by atoms with van der Waals surface area (Å²) in [7, 11) is 1.36. The second-order valence-electron chi connectivity index (χ2n) is 5.74. The minimum Gasteiger partial charge on any atom is -0.452 e. The van der Waals surface area contributed by atoms with Gasteiger partial charge in [0.2, 0.25) is 0 Å². The molecule has 0 fully saturated rings. The molecule has 0 radical (unpaired) electrons. The molecule has 0 spiro atoms. The van der Waals surface area contributed by atoms with Gasteiger partial charge in [-0.1, -0.05) is 42.5 Å². The average molecular weight is 320 g/mol. The van der Waals surface area contributed by atoms with Crippen LogP contribution in [-0.4, -0.2) is 24.2 Å². The zero-order valence-electron chi connectivity index (χ0n) is 13.2. The molecule has 2 heterocycles. The Morgan fingerprint density at radius 1 is 1.25 bits per heavy atom. The average Bonchev–Trinajstić information content (AvgIpc) is 2.59. The number of carbonyl (C=O) groups is 1. The first-order chi connectivity index (χ1) is 11.7. The molecule has 120 valence electrons. The second-order valence-corrected chi connectivity index (χ2v) is 5.74. The fourth-order valence-electron chi connectivity index (χ4n) is 3.30. The van der Waals surface area contributed by atoms with Crippen LogP contribution in [0.3, 0.4) is 0 Å². The predicted octanol–water partition coefficient (Wildman–Crippen LogP) is 3.38. The monoisotopic (exact) mass is 320 g/mol. The lowest BCUT2D eigenvalue weighted by atomic mass is 9.94. The number of fused-ring (bicyclic) bond motifs is 5. The quantitative estimate of drug-likeness (QED) is 0.757. The number of methoxy groups -OCH3 is 1. The van der Waals surface area contributed by atoms with E-state index < -0.39 is 6.09 Å². The van der Waals surface area contributed by atoms with E-state index in [1.165, 1.54) is 7.11 Å². The van der Waals surface area contributed by atoms with Crippen LogP contribution in [0.25, 0.3) is 16.3 Å². The fraction of sp³-hybridized carbons (Fsp3) is 0.158. The van der Waals surface area contributed by atoms with Crippen LogP contribution >= 0.6 is 0 Å². The molecule has 1 atom stereocenters. The van der Waals surface area contributed by atoms with Crippen LogP contribution in [0.5, 0.6) is 0 Å². The van der Waals surface area contributed by atoms with Crippen LogP contribution in [0.1, 0.15) is 12.1 Å². The summed E-state index contributed by atoms with van der Waals surface area (Å²) in [6.45, 7) is 0. The molecule has 1 unspecified atom stereocenters. The zero-order valence-corrected chi connectivity index (χ0v) is 13.2. The number of rotatable bonds is 0. The first kappa shape index (κ1) is 14.5. The molecule has 1 aliphatic heterocycles. The van der Waals surface area contributed by atoms with Gasteiger partial charge in [0.1, 0.15) is 0 Å². The van der Waals surface area contributed by atoms with Crippen molar-refractivity contribution in [2.45, 2.75) is 12.5 Å². The van der Waals surface area contributed by atoms with Crippen molar-refractivity contribution in [2.75, 3.05) is 12.0 Å². The van der Waals surface area contributed by atoms with E-state index in [4.69, 9.17) is 4.74 Å². The number of ether oxygens (including phenoxy) is 1. The van der Waals surface area contributed by atoms with Gasteiger partial charge in [-0.15, -0.1) is 0 Å². The molecule has 2 aromatic rings. The van der Waals surface area contributed by atoms with E-state index in [2.05, 4.69) is 4.98 Å². The van der Waals surface area contributed by atoms with Crippen molar-refractivity contribution in [1.82, 2.24) is 4.98 Å². The van der Waals surface area contributed by atoms with Gasteiger partial charge in [-0.3, -0.25) is 9.69 Å². The summed E-state index contributed by atoms with van der Waals surface area (Å²) in [4.78, 5) is 29.5. The number of H-pyrrole nitrogens is 1. The predicted molar refractivity (Wildman–Crippen MR) is 94.1 cm³/mol. The third-order valence-corrected chi connectivity index (χ3v) is 4.35. The molecule has 1 aromatic carbocycles. The third kappa shape index (κ3) is 2.09. The van der Waals surface area contributed by atoms with Gasteiger partial charge in [0, 0.05) is 10.8 Å². The van der Waals surface area contributed by atoms with Gasteiger partial charge >= 0.3 is 6.09 Å². The molecule has 1 N–H and O–H groups in total. The Bertz CT molecular complexity index is 982. The number of aromatic nitrogens is 1. The molecule has 0 saturated heterocycles. The number of benzene rings is 1. The van der Waals surface area contributed by atoms with Crippen molar-refractivity contribution in [2.24, 2.45) is 0 Å². The number of aromatic amines is 1. The maximum atomic E-state index is 12.5. The summed E-state index contributed by atoms with van der Waals surface area (Å²) in [6.07, 6.45) is 10.3. The van der Waals surface area contributed by atoms with Gasteiger partial charge in [0.05, 0.1) is 24.5 Å². The van der Waals surface area contributed by atoms with Gasteiger partial charge in [-0.2, -0.15) is 0 Å². The van der Waals surface area contributed by atoms with Gasteiger partial charge in [-0.05, 0) is 24.1 Å². The highest BCUT2D eigenvalue weighted by Crippen LogP contribution is 2.39. The van der Waals surface area contributed by atoms with Crippen molar-refractivity contribution in [1.29, 1.82) is 0 Å². The molecule has 5 nitrogen and oxygen atoms in total. The normalized spacial score (nSPS) is 21.3.